The van der Waals surface area contributed by atoms with Crippen LogP contribution >= 0.6 is 23.4 Å². The Balaban J connectivity index is 2.09. The van der Waals surface area contributed by atoms with Gasteiger partial charge in [-0.3, -0.25) is 0 Å². The number of nitrogens with zero attached hydrogens (tertiary/aromatic N) is 2. The van der Waals surface area contributed by atoms with Gasteiger partial charge in [0.2, 0.25) is 0 Å². The van der Waals surface area contributed by atoms with Crippen LogP contribution < -0.4 is 0 Å². The molecule has 1 saturated carbocycles. The van der Waals surface area contributed by atoms with Crippen LogP contribution in [0.2, 0.25) is 0 Å². The molecule has 0 amide bonds. The van der Waals surface area contributed by atoms with Gasteiger partial charge in [-0.2, -0.15) is 11.8 Å². The quantitative estimate of drug-likeness (QED) is 0.774. The van der Waals surface area contributed by atoms with Gasteiger partial charge in [0, 0.05) is 11.3 Å². The molecule has 2 nitrogen and oxygen atoms in total. The van der Waals surface area contributed by atoms with Crippen LogP contribution in [-0.4, -0.2) is 21.1 Å². The summed E-state index contributed by atoms with van der Waals surface area (Å²) >= 11 is 8.10. The number of aryl methyl sites for hydroxylation is 1. The third-order valence-electron chi connectivity index (χ3n) is 4.17. The van der Waals surface area contributed by atoms with E-state index < -0.39 is 0 Å². The van der Waals surface area contributed by atoms with Gasteiger partial charge in [-0.25, -0.2) is 4.98 Å². The Morgan fingerprint density at radius 2 is 2.26 bits per heavy atom. The number of imidazole rings is 1. The van der Waals surface area contributed by atoms with E-state index in [0.717, 1.165) is 16.6 Å². The van der Waals surface area contributed by atoms with Crippen molar-refractivity contribution in [3.63, 3.8) is 0 Å². The predicted octanol–water partition coefficient (Wildman–Crippen LogP) is 4.54. The second-order valence-corrected chi connectivity index (χ2v) is 6.70. The summed E-state index contributed by atoms with van der Waals surface area (Å²) in [5.41, 5.74) is 3.61. The third kappa shape index (κ3) is 2.27. The maximum atomic E-state index is 6.12. The van der Waals surface area contributed by atoms with E-state index in [2.05, 4.69) is 35.9 Å². The number of rotatable bonds is 3. The third-order valence-corrected chi connectivity index (χ3v) is 5.50. The summed E-state index contributed by atoms with van der Waals surface area (Å²) in [7, 11) is 0. The van der Waals surface area contributed by atoms with Gasteiger partial charge in [0.05, 0.1) is 16.9 Å². The zero-order chi connectivity index (χ0) is 13.4. The number of alkyl halides is 1. The molecule has 1 aliphatic rings. The predicted molar refractivity (Wildman–Crippen MR) is 84.2 cm³/mol. The monoisotopic (exact) mass is 294 g/mol. The molecule has 2 aromatic rings. The van der Waals surface area contributed by atoms with Crippen LogP contribution in [0.3, 0.4) is 0 Å². The van der Waals surface area contributed by atoms with Crippen molar-refractivity contribution in [3.8, 4) is 0 Å². The Morgan fingerprint density at radius 3 is 2.95 bits per heavy atom. The molecule has 0 aliphatic heterocycles. The fraction of sp³-hybridized carbons (Fsp3) is 0.533. The molecule has 0 spiro atoms. The fourth-order valence-corrected chi connectivity index (χ4v) is 4.15. The number of thioether (sulfide) groups is 1. The number of para-hydroxylation sites is 1. The van der Waals surface area contributed by atoms with Gasteiger partial charge < -0.3 is 4.57 Å². The maximum Gasteiger partial charge on any atom is 0.125 e. The highest BCUT2D eigenvalue weighted by Crippen LogP contribution is 2.39. The summed E-state index contributed by atoms with van der Waals surface area (Å²) in [4.78, 5) is 4.75. The molecule has 3 rings (SSSR count). The van der Waals surface area contributed by atoms with Crippen molar-refractivity contribution in [2.24, 2.45) is 0 Å². The Labute approximate surface area is 123 Å². The molecule has 19 heavy (non-hydrogen) atoms. The first kappa shape index (κ1) is 13.3. The van der Waals surface area contributed by atoms with Crippen LogP contribution in [0.5, 0.6) is 0 Å². The average molecular weight is 295 g/mol. The minimum absolute atomic E-state index is 0.495. The van der Waals surface area contributed by atoms with Crippen LogP contribution in [0.4, 0.5) is 0 Å². The summed E-state index contributed by atoms with van der Waals surface area (Å²) in [6.07, 6.45) is 6.00. The van der Waals surface area contributed by atoms with Crippen LogP contribution in [0, 0.1) is 6.92 Å². The lowest BCUT2D eigenvalue weighted by molar-refractivity contribution is 0.519. The molecule has 1 aromatic heterocycles. The zero-order valence-electron chi connectivity index (χ0n) is 11.4. The van der Waals surface area contributed by atoms with E-state index in [1.165, 1.54) is 30.3 Å². The second kappa shape index (κ2) is 5.37. The van der Waals surface area contributed by atoms with Gasteiger partial charge in [0.25, 0.3) is 0 Å². The lowest BCUT2D eigenvalue weighted by Crippen LogP contribution is -2.09. The van der Waals surface area contributed by atoms with Crippen LogP contribution in [-0.2, 0) is 5.88 Å². The number of hydrogen-bond donors (Lipinski definition) is 0. The zero-order valence-corrected chi connectivity index (χ0v) is 13.0. The first-order chi connectivity index (χ1) is 9.24. The van der Waals surface area contributed by atoms with Gasteiger partial charge in [0.1, 0.15) is 5.82 Å². The van der Waals surface area contributed by atoms with Gasteiger partial charge >= 0.3 is 0 Å². The van der Waals surface area contributed by atoms with Crippen molar-refractivity contribution < 1.29 is 0 Å². The summed E-state index contributed by atoms with van der Waals surface area (Å²) in [5, 5.41) is 0.787. The van der Waals surface area contributed by atoms with Crippen LogP contribution in [0.15, 0.2) is 18.2 Å². The van der Waals surface area contributed by atoms with Crippen molar-refractivity contribution in [1.29, 1.82) is 0 Å². The van der Waals surface area contributed by atoms with Gasteiger partial charge in [-0.15, -0.1) is 11.6 Å². The Bertz CT molecular complexity index is 593. The van der Waals surface area contributed by atoms with Crippen LogP contribution in [0.1, 0.15) is 36.7 Å². The normalized spacial score (nSPS) is 23.3. The summed E-state index contributed by atoms with van der Waals surface area (Å²) in [6.45, 7) is 2.12. The lowest BCUT2D eigenvalue weighted by Gasteiger charge is -2.16. The molecule has 2 atom stereocenters. The van der Waals surface area contributed by atoms with E-state index in [-0.39, 0.29) is 0 Å². The number of aromatic nitrogens is 2. The topological polar surface area (TPSA) is 17.8 Å². The Kier molecular flexibility index (Phi) is 3.77. The minimum atomic E-state index is 0.495. The number of fused-ring (bicyclic) bond motifs is 1. The highest BCUT2D eigenvalue weighted by Gasteiger charge is 2.28. The average Bonchev–Trinajstić information content (AvgIpc) is 3.02. The molecule has 102 valence electrons. The molecule has 1 aromatic carbocycles. The molecule has 0 N–H and O–H groups in total. The molecule has 1 fully saturated rings. The molecule has 1 heterocycles. The second-order valence-electron chi connectivity index (χ2n) is 5.30. The van der Waals surface area contributed by atoms with E-state index >= 15 is 0 Å². The molecule has 2 unspecified atom stereocenters. The number of benzene rings is 1. The summed E-state index contributed by atoms with van der Waals surface area (Å²) in [5.74, 6) is 1.52. The summed E-state index contributed by atoms with van der Waals surface area (Å²) in [6, 6.07) is 6.99. The lowest BCUT2D eigenvalue weighted by atomic mass is 10.2. The molecular formula is C15H19ClN2S. The smallest absolute Gasteiger partial charge is 0.125 e. The molecule has 4 heteroatoms. The minimum Gasteiger partial charge on any atom is -0.324 e. The van der Waals surface area contributed by atoms with E-state index in [9.17, 15) is 0 Å². The first-order valence-corrected chi connectivity index (χ1v) is 8.62. The fourth-order valence-electron chi connectivity index (χ4n) is 3.17. The number of halogens is 1. The van der Waals surface area contributed by atoms with Crippen molar-refractivity contribution in [1.82, 2.24) is 9.55 Å². The molecule has 1 aliphatic carbocycles. The van der Waals surface area contributed by atoms with E-state index in [1.807, 2.05) is 11.8 Å². The van der Waals surface area contributed by atoms with Gasteiger partial charge in [-0.1, -0.05) is 12.1 Å². The SMILES string of the molecule is CSC1CCC(n2c(CCl)nc3c(C)cccc32)C1. The first-order valence-electron chi connectivity index (χ1n) is 6.79. The highest BCUT2D eigenvalue weighted by molar-refractivity contribution is 7.99. The molecular weight excluding hydrogens is 276 g/mol. The van der Waals surface area contributed by atoms with Gasteiger partial charge in [-0.05, 0) is 44.1 Å². The maximum absolute atomic E-state index is 6.12. The van der Waals surface area contributed by atoms with E-state index in [4.69, 9.17) is 16.6 Å². The molecule has 0 saturated heterocycles. The largest absolute Gasteiger partial charge is 0.324 e. The standard InChI is InChI=1S/C15H19ClN2S/c1-10-4-3-5-13-15(10)17-14(9-16)18(13)11-6-7-12(8-11)19-2/h3-5,11-12H,6-9H2,1-2H3. The van der Waals surface area contributed by atoms with Crippen molar-refractivity contribution in [2.45, 2.75) is 43.4 Å². The number of hydrogen-bond acceptors (Lipinski definition) is 2. The highest BCUT2D eigenvalue weighted by atomic mass is 35.5. The molecule has 0 bridgehead atoms. The van der Waals surface area contributed by atoms with Gasteiger partial charge in [0.15, 0.2) is 0 Å². The Morgan fingerprint density at radius 1 is 1.42 bits per heavy atom. The molecule has 0 radical (unpaired) electrons. The Hall–Kier alpha value is -0.670. The van der Waals surface area contributed by atoms with Crippen LogP contribution in [0.25, 0.3) is 11.0 Å². The van der Waals surface area contributed by atoms with Crippen molar-refractivity contribution in [3.05, 3.63) is 29.6 Å². The van der Waals surface area contributed by atoms with E-state index in [0.29, 0.717) is 11.9 Å². The summed E-state index contributed by atoms with van der Waals surface area (Å²) < 4.78 is 2.39. The van der Waals surface area contributed by atoms with E-state index in [1.54, 1.807) is 0 Å². The van der Waals surface area contributed by atoms with Crippen molar-refractivity contribution in [2.75, 3.05) is 6.26 Å². The van der Waals surface area contributed by atoms with Crippen molar-refractivity contribution >= 4 is 34.4 Å².